The first-order chi connectivity index (χ1) is 8.38. The number of methoxy groups -OCH3 is 1. The Kier molecular flexibility index (Phi) is 8.67. The molecule has 1 N–H and O–H groups in total. The molecular formula is C14H29NO2. The predicted octanol–water partition coefficient (Wildman–Crippen LogP) is 2.60. The Bertz CT molecular complexity index is 172. The van der Waals surface area contributed by atoms with Gasteiger partial charge in [0, 0.05) is 33.0 Å². The highest BCUT2D eigenvalue weighted by Gasteiger charge is 2.29. The third kappa shape index (κ3) is 7.74. The lowest BCUT2D eigenvalue weighted by Gasteiger charge is -2.17. The van der Waals surface area contributed by atoms with E-state index in [0.717, 1.165) is 44.7 Å². The monoisotopic (exact) mass is 243 g/mol. The van der Waals surface area contributed by atoms with Crippen LogP contribution in [0.1, 0.15) is 45.4 Å². The van der Waals surface area contributed by atoms with Gasteiger partial charge in [-0.3, -0.25) is 0 Å². The SMILES string of the molecule is CCCNC(CCCOCCCOC)C1CC1. The molecule has 0 aromatic rings. The molecule has 1 atom stereocenters. The zero-order chi connectivity index (χ0) is 12.3. The van der Waals surface area contributed by atoms with Crippen LogP contribution in [-0.4, -0.2) is 39.5 Å². The Morgan fingerprint density at radius 3 is 2.59 bits per heavy atom. The number of hydrogen-bond donors (Lipinski definition) is 1. The minimum Gasteiger partial charge on any atom is -0.385 e. The van der Waals surface area contributed by atoms with Crippen molar-refractivity contribution in [2.75, 3.05) is 33.5 Å². The quantitative estimate of drug-likeness (QED) is 0.534. The van der Waals surface area contributed by atoms with Gasteiger partial charge in [-0.2, -0.15) is 0 Å². The van der Waals surface area contributed by atoms with Crippen LogP contribution >= 0.6 is 0 Å². The molecule has 3 nitrogen and oxygen atoms in total. The van der Waals surface area contributed by atoms with Crippen LogP contribution in [-0.2, 0) is 9.47 Å². The van der Waals surface area contributed by atoms with Gasteiger partial charge >= 0.3 is 0 Å². The lowest BCUT2D eigenvalue weighted by molar-refractivity contribution is 0.0986. The number of rotatable bonds is 12. The van der Waals surface area contributed by atoms with Crippen molar-refractivity contribution in [3.05, 3.63) is 0 Å². The van der Waals surface area contributed by atoms with E-state index in [9.17, 15) is 0 Å². The summed E-state index contributed by atoms with van der Waals surface area (Å²) in [5, 5.41) is 3.67. The molecule has 0 amide bonds. The summed E-state index contributed by atoms with van der Waals surface area (Å²) in [5.41, 5.74) is 0. The number of ether oxygens (including phenoxy) is 2. The van der Waals surface area contributed by atoms with E-state index in [1.807, 2.05) is 0 Å². The van der Waals surface area contributed by atoms with Crippen molar-refractivity contribution in [2.24, 2.45) is 5.92 Å². The molecule has 1 saturated carbocycles. The van der Waals surface area contributed by atoms with E-state index in [-0.39, 0.29) is 0 Å². The molecule has 17 heavy (non-hydrogen) atoms. The fraction of sp³-hybridized carbons (Fsp3) is 1.00. The first kappa shape index (κ1) is 14.9. The van der Waals surface area contributed by atoms with Gasteiger partial charge in [0.2, 0.25) is 0 Å². The maximum Gasteiger partial charge on any atom is 0.0487 e. The van der Waals surface area contributed by atoms with Crippen LogP contribution in [0.4, 0.5) is 0 Å². The zero-order valence-electron chi connectivity index (χ0n) is 11.5. The fourth-order valence-electron chi connectivity index (χ4n) is 2.15. The van der Waals surface area contributed by atoms with Gasteiger partial charge in [0.05, 0.1) is 0 Å². The van der Waals surface area contributed by atoms with Crippen LogP contribution < -0.4 is 5.32 Å². The third-order valence-electron chi connectivity index (χ3n) is 3.29. The third-order valence-corrected chi connectivity index (χ3v) is 3.29. The van der Waals surface area contributed by atoms with Gasteiger partial charge in [0.1, 0.15) is 0 Å². The Hall–Kier alpha value is -0.120. The smallest absolute Gasteiger partial charge is 0.0487 e. The van der Waals surface area contributed by atoms with E-state index in [0.29, 0.717) is 0 Å². The van der Waals surface area contributed by atoms with Gasteiger partial charge in [-0.1, -0.05) is 6.92 Å². The van der Waals surface area contributed by atoms with Gasteiger partial charge in [-0.05, 0) is 51.0 Å². The van der Waals surface area contributed by atoms with Crippen LogP contribution in [0, 0.1) is 5.92 Å². The minimum absolute atomic E-state index is 0.748. The second kappa shape index (κ2) is 9.86. The van der Waals surface area contributed by atoms with Crippen molar-refractivity contribution in [1.29, 1.82) is 0 Å². The van der Waals surface area contributed by atoms with Crippen LogP contribution in [0.2, 0.25) is 0 Å². The molecule has 1 unspecified atom stereocenters. The molecular weight excluding hydrogens is 214 g/mol. The van der Waals surface area contributed by atoms with Crippen molar-refractivity contribution in [2.45, 2.75) is 51.5 Å². The summed E-state index contributed by atoms with van der Waals surface area (Å²) in [7, 11) is 1.74. The lowest BCUT2D eigenvalue weighted by atomic mass is 10.1. The van der Waals surface area contributed by atoms with Gasteiger partial charge < -0.3 is 14.8 Å². The highest BCUT2D eigenvalue weighted by atomic mass is 16.5. The van der Waals surface area contributed by atoms with Crippen molar-refractivity contribution >= 4 is 0 Å². The molecule has 0 aliphatic heterocycles. The maximum absolute atomic E-state index is 5.58. The molecule has 0 aromatic carbocycles. The first-order valence-electron chi connectivity index (χ1n) is 7.18. The topological polar surface area (TPSA) is 30.5 Å². The van der Waals surface area contributed by atoms with Crippen molar-refractivity contribution in [1.82, 2.24) is 5.32 Å². The van der Waals surface area contributed by atoms with Crippen molar-refractivity contribution in [3.63, 3.8) is 0 Å². The average Bonchev–Trinajstić information content (AvgIpc) is 3.16. The van der Waals surface area contributed by atoms with Gasteiger partial charge in [-0.25, -0.2) is 0 Å². The Morgan fingerprint density at radius 2 is 1.94 bits per heavy atom. The first-order valence-corrected chi connectivity index (χ1v) is 7.18. The highest BCUT2D eigenvalue weighted by molar-refractivity contribution is 4.86. The maximum atomic E-state index is 5.58. The summed E-state index contributed by atoms with van der Waals surface area (Å²) in [6.45, 7) is 5.94. The van der Waals surface area contributed by atoms with Crippen LogP contribution in [0.3, 0.4) is 0 Å². The molecule has 0 radical (unpaired) electrons. The molecule has 0 saturated heterocycles. The summed E-state index contributed by atoms with van der Waals surface area (Å²) < 4.78 is 10.6. The standard InChI is InChI=1S/C14H29NO2/c1-3-9-15-14(13-7-8-13)6-4-11-17-12-5-10-16-2/h13-15H,3-12H2,1-2H3. The van der Waals surface area contributed by atoms with Crippen molar-refractivity contribution in [3.8, 4) is 0 Å². The average molecular weight is 243 g/mol. The fourth-order valence-corrected chi connectivity index (χ4v) is 2.15. The molecule has 102 valence electrons. The summed E-state index contributed by atoms with van der Waals surface area (Å²) >= 11 is 0. The summed E-state index contributed by atoms with van der Waals surface area (Å²) in [6, 6.07) is 0.748. The molecule has 0 aromatic heterocycles. The molecule has 0 heterocycles. The summed E-state index contributed by atoms with van der Waals surface area (Å²) in [5.74, 6) is 0.954. The van der Waals surface area contributed by atoms with E-state index in [2.05, 4.69) is 12.2 Å². The van der Waals surface area contributed by atoms with E-state index in [1.54, 1.807) is 7.11 Å². The van der Waals surface area contributed by atoms with Crippen LogP contribution in [0.15, 0.2) is 0 Å². The molecule has 0 bridgehead atoms. The number of hydrogen-bond acceptors (Lipinski definition) is 3. The van der Waals surface area contributed by atoms with Crippen LogP contribution in [0.5, 0.6) is 0 Å². The Balaban J connectivity index is 1.91. The molecule has 1 rings (SSSR count). The summed E-state index contributed by atoms with van der Waals surface area (Å²) in [6.07, 6.45) is 7.55. The van der Waals surface area contributed by atoms with Gasteiger partial charge in [0.15, 0.2) is 0 Å². The Morgan fingerprint density at radius 1 is 1.18 bits per heavy atom. The van der Waals surface area contributed by atoms with Crippen LogP contribution in [0.25, 0.3) is 0 Å². The highest BCUT2D eigenvalue weighted by Crippen LogP contribution is 2.34. The second-order valence-electron chi connectivity index (χ2n) is 5.00. The predicted molar refractivity (Wildman–Crippen MR) is 71.4 cm³/mol. The van der Waals surface area contributed by atoms with E-state index in [4.69, 9.17) is 9.47 Å². The molecule has 3 heteroatoms. The second-order valence-corrected chi connectivity index (χ2v) is 5.00. The molecule has 0 spiro atoms. The Labute approximate surface area is 106 Å². The largest absolute Gasteiger partial charge is 0.385 e. The van der Waals surface area contributed by atoms with E-state index < -0.39 is 0 Å². The minimum atomic E-state index is 0.748. The normalized spacial score (nSPS) is 17.3. The zero-order valence-corrected chi connectivity index (χ0v) is 11.5. The van der Waals surface area contributed by atoms with E-state index in [1.165, 1.54) is 32.1 Å². The van der Waals surface area contributed by atoms with Crippen molar-refractivity contribution < 1.29 is 9.47 Å². The molecule has 1 fully saturated rings. The molecule has 1 aliphatic carbocycles. The lowest BCUT2D eigenvalue weighted by Crippen LogP contribution is -2.31. The van der Waals surface area contributed by atoms with E-state index >= 15 is 0 Å². The molecule has 1 aliphatic rings. The van der Waals surface area contributed by atoms with Gasteiger partial charge in [-0.15, -0.1) is 0 Å². The van der Waals surface area contributed by atoms with Gasteiger partial charge in [0.25, 0.3) is 0 Å². The summed E-state index contributed by atoms with van der Waals surface area (Å²) in [4.78, 5) is 0. The number of nitrogens with one attached hydrogen (secondary N) is 1.